The van der Waals surface area contributed by atoms with Gasteiger partial charge in [-0.05, 0) is 79.2 Å². The van der Waals surface area contributed by atoms with Crippen LogP contribution in [0.25, 0.3) is 6.08 Å². The quantitative estimate of drug-likeness (QED) is 0.241. The smallest absolute Gasteiger partial charge is 0.344 e. The monoisotopic (exact) mass is 560 g/mol. The molecule has 10 heteroatoms. The fourth-order valence-electron chi connectivity index (χ4n) is 3.77. The summed E-state index contributed by atoms with van der Waals surface area (Å²) in [5.74, 6) is -0.903. The van der Waals surface area contributed by atoms with Crippen LogP contribution in [0, 0.1) is 0 Å². The minimum atomic E-state index is -1.01. The number of carboxylic acid groups (broad SMARTS) is 1. The van der Waals surface area contributed by atoms with Gasteiger partial charge >= 0.3 is 11.9 Å². The lowest BCUT2D eigenvalue weighted by Crippen LogP contribution is -2.28. The third-order valence-corrected chi connectivity index (χ3v) is 6.63. The van der Waals surface area contributed by atoms with Crippen LogP contribution in [-0.2, 0) is 20.9 Å². The molecule has 0 aromatic heterocycles. The Morgan fingerprint density at radius 2 is 1.70 bits per heavy atom. The average Bonchev–Trinajstić information content (AvgIpc) is 3.22. The number of hydrogen-bond donors (Lipinski definition) is 1. The van der Waals surface area contributed by atoms with Crippen molar-refractivity contribution in [2.75, 3.05) is 19.8 Å². The molecule has 0 radical (unpaired) electrons. The van der Waals surface area contributed by atoms with Gasteiger partial charge in [0.1, 0.15) is 0 Å². The number of carbonyl (C=O) groups is 3. The van der Waals surface area contributed by atoms with Gasteiger partial charge in [-0.15, -0.1) is 0 Å². The minimum absolute atomic E-state index is 0.171. The van der Waals surface area contributed by atoms with Crippen molar-refractivity contribution in [3.8, 4) is 11.5 Å². The highest BCUT2D eigenvalue weighted by molar-refractivity contribution is 8.18. The van der Waals surface area contributed by atoms with Gasteiger partial charge in [-0.1, -0.05) is 36.4 Å². The van der Waals surface area contributed by atoms with Crippen LogP contribution >= 0.6 is 11.8 Å². The second-order valence-electron chi connectivity index (χ2n) is 8.47. The van der Waals surface area contributed by atoms with Crippen molar-refractivity contribution in [1.82, 2.24) is 4.90 Å². The van der Waals surface area contributed by atoms with Crippen molar-refractivity contribution < 1.29 is 33.7 Å². The maximum atomic E-state index is 13.6. The summed E-state index contributed by atoms with van der Waals surface area (Å²) < 4.78 is 16.2. The van der Waals surface area contributed by atoms with Gasteiger partial charge in [0, 0.05) is 0 Å². The van der Waals surface area contributed by atoms with E-state index in [0.717, 1.165) is 5.56 Å². The first kappa shape index (κ1) is 28.4. The zero-order valence-corrected chi connectivity index (χ0v) is 22.8. The predicted octanol–water partition coefficient (Wildman–Crippen LogP) is 5.53. The van der Waals surface area contributed by atoms with E-state index in [-0.39, 0.29) is 31.2 Å². The Balaban J connectivity index is 1.62. The Kier molecular flexibility index (Phi) is 9.58. The van der Waals surface area contributed by atoms with Gasteiger partial charge in [0.2, 0.25) is 0 Å². The van der Waals surface area contributed by atoms with Crippen molar-refractivity contribution in [2.24, 2.45) is 4.99 Å². The predicted molar refractivity (Wildman–Crippen MR) is 153 cm³/mol. The Morgan fingerprint density at radius 3 is 2.38 bits per heavy atom. The minimum Gasteiger partial charge on any atom is -0.490 e. The van der Waals surface area contributed by atoms with Crippen molar-refractivity contribution in [1.29, 1.82) is 0 Å². The lowest BCUT2D eigenvalue weighted by molar-refractivity contribution is -0.145. The topological polar surface area (TPSA) is 115 Å². The summed E-state index contributed by atoms with van der Waals surface area (Å²) in [5, 5.41) is 9.70. The van der Waals surface area contributed by atoms with Gasteiger partial charge in [-0.25, -0.2) is 14.6 Å². The summed E-state index contributed by atoms with van der Waals surface area (Å²) in [4.78, 5) is 43.2. The number of para-hydroxylation sites is 1. The number of amides is 1. The number of benzene rings is 3. The van der Waals surface area contributed by atoms with Crippen LogP contribution < -0.4 is 9.47 Å². The molecule has 40 heavy (non-hydrogen) atoms. The number of thioether (sulfide) groups is 1. The SMILES string of the molecule is CCOC(=O)COc1ccc(/C=C2\SC(=Nc3ccccc3)N(Cc3ccc(C(=O)O)cc3)C2=O)cc1OCC. The number of amidine groups is 1. The number of ether oxygens (including phenoxy) is 3. The summed E-state index contributed by atoms with van der Waals surface area (Å²) in [6, 6.07) is 20.9. The summed E-state index contributed by atoms with van der Waals surface area (Å²) >= 11 is 1.25. The fraction of sp³-hybridized carbons (Fsp3) is 0.200. The Morgan fingerprint density at radius 1 is 0.950 bits per heavy atom. The van der Waals surface area contributed by atoms with Crippen LogP contribution in [0.5, 0.6) is 11.5 Å². The molecule has 4 rings (SSSR count). The van der Waals surface area contributed by atoms with Crippen LogP contribution in [0.15, 0.2) is 82.7 Å². The molecule has 0 bridgehead atoms. The molecule has 9 nitrogen and oxygen atoms in total. The molecule has 1 fully saturated rings. The van der Waals surface area contributed by atoms with Crippen molar-refractivity contribution in [3.05, 3.63) is 94.4 Å². The van der Waals surface area contributed by atoms with Crippen LogP contribution in [0.2, 0.25) is 0 Å². The molecule has 0 saturated carbocycles. The molecule has 206 valence electrons. The van der Waals surface area contributed by atoms with Gasteiger partial charge in [0.05, 0.1) is 35.9 Å². The van der Waals surface area contributed by atoms with Gasteiger partial charge in [-0.2, -0.15) is 0 Å². The van der Waals surface area contributed by atoms with E-state index >= 15 is 0 Å². The average molecular weight is 561 g/mol. The molecule has 1 N–H and O–H groups in total. The molecule has 1 aliphatic heterocycles. The molecule has 3 aromatic rings. The molecule has 1 saturated heterocycles. The molecule has 3 aromatic carbocycles. The first-order valence-corrected chi connectivity index (χ1v) is 13.4. The summed E-state index contributed by atoms with van der Waals surface area (Å²) in [7, 11) is 0. The summed E-state index contributed by atoms with van der Waals surface area (Å²) in [6.07, 6.45) is 1.75. The Bertz CT molecular complexity index is 1440. The van der Waals surface area contributed by atoms with Crippen molar-refractivity contribution >= 4 is 46.5 Å². The van der Waals surface area contributed by atoms with Crippen LogP contribution in [-0.4, -0.2) is 52.8 Å². The van der Waals surface area contributed by atoms with Crippen molar-refractivity contribution in [2.45, 2.75) is 20.4 Å². The maximum absolute atomic E-state index is 13.6. The first-order valence-electron chi connectivity index (χ1n) is 12.6. The summed E-state index contributed by atoms with van der Waals surface area (Å²) in [6.45, 7) is 4.18. The number of aromatic carboxylic acids is 1. The van der Waals surface area contributed by atoms with Crippen LogP contribution in [0.3, 0.4) is 0 Å². The zero-order chi connectivity index (χ0) is 28.5. The third-order valence-electron chi connectivity index (χ3n) is 5.63. The van der Waals surface area contributed by atoms with E-state index in [1.54, 1.807) is 48.2 Å². The number of carbonyl (C=O) groups excluding carboxylic acids is 2. The van der Waals surface area contributed by atoms with Crippen LogP contribution in [0.1, 0.15) is 35.3 Å². The zero-order valence-electron chi connectivity index (χ0n) is 22.0. The number of rotatable bonds is 11. The largest absolute Gasteiger partial charge is 0.490 e. The molecule has 0 spiro atoms. The number of nitrogens with zero attached hydrogens (tertiary/aromatic N) is 2. The van der Waals surface area contributed by atoms with E-state index in [2.05, 4.69) is 0 Å². The van der Waals surface area contributed by atoms with Gasteiger partial charge in [0.25, 0.3) is 5.91 Å². The highest BCUT2D eigenvalue weighted by Crippen LogP contribution is 2.37. The molecular formula is C30H28N2O7S. The van der Waals surface area contributed by atoms with E-state index in [9.17, 15) is 19.5 Å². The van der Waals surface area contributed by atoms with Gasteiger partial charge in [0.15, 0.2) is 23.3 Å². The lowest BCUT2D eigenvalue weighted by atomic mass is 10.1. The Labute approximate surface area is 236 Å². The standard InChI is InChI=1S/C30H28N2O7S/c1-3-37-25-16-21(12-15-24(25)39-19-27(33)38-4-2)17-26-28(34)32(18-20-10-13-22(14-11-20)29(35)36)30(40-26)31-23-8-6-5-7-9-23/h5-17H,3-4,18-19H2,1-2H3,(H,35,36)/b26-17-,31-30?. The van der Waals surface area contributed by atoms with E-state index in [4.69, 9.17) is 19.2 Å². The lowest BCUT2D eigenvalue weighted by Gasteiger charge is -2.16. The van der Waals surface area contributed by atoms with E-state index < -0.39 is 11.9 Å². The third kappa shape index (κ3) is 7.29. The normalized spacial score (nSPS) is 14.9. The molecule has 1 heterocycles. The van der Waals surface area contributed by atoms with Gasteiger partial charge in [-0.3, -0.25) is 9.69 Å². The van der Waals surface area contributed by atoms with E-state index in [0.29, 0.717) is 39.4 Å². The fourth-order valence-corrected chi connectivity index (χ4v) is 4.77. The van der Waals surface area contributed by atoms with Crippen LogP contribution in [0.4, 0.5) is 5.69 Å². The number of esters is 1. The first-order chi connectivity index (χ1) is 19.4. The summed E-state index contributed by atoms with van der Waals surface area (Å²) in [5.41, 5.74) is 2.34. The number of carboxylic acids is 1. The van der Waals surface area contributed by atoms with E-state index in [1.165, 1.54) is 23.9 Å². The molecule has 0 aliphatic carbocycles. The second kappa shape index (κ2) is 13.5. The molecule has 1 amide bonds. The molecule has 1 aliphatic rings. The molecule has 0 atom stereocenters. The number of hydrogen-bond acceptors (Lipinski definition) is 8. The molecule has 0 unspecified atom stereocenters. The molecular weight excluding hydrogens is 532 g/mol. The maximum Gasteiger partial charge on any atom is 0.344 e. The Hall–Kier alpha value is -4.57. The number of aliphatic imine (C=N–C) groups is 1. The van der Waals surface area contributed by atoms with Gasteiger partial charge < -0.3 is 19.3 Å². The highest BCUT2D eigenvalue weighted by Gasteiger charge is 2.33. The van der Waals surface area contributed by atoms with E-state index in [1.807, 2.05) is 37.3 Å². The second-order valence-corrected chi connectivity index (χ2v) is 9.48. The van der Waals surface area contributed by atoms with Crippen molar-refractivity contribution in [3.63, 3.8) is 0 Å². The highest BCUT2D eigenvalue weighted by atomic mass is 32.2.